The van der Waals surface area contributed by atoms with Crippen molar-refractivity contribution in [2.75, 3.05) is 32.7 Å². The molecule has 2 N–H and O–H groups in total. The number of amides is 1. The Hall–Kier alpha value is -0.610. The van der Waals surface area contributed by atoms with Crippen LogP contribution in [0.15, 0.2) is 0 Å². The highest BCUT2D eigenvalue weighted by molar-refractivity contribution is 5.76. The zero-order valence-corrected chi connectivity index (χ0v) is 12.0. The van der Waals surface area contributed by atoms with Gasteiger partial charge >= 0.3 is 0 Å². The molecule has 1 unspecified atom stereocenters. The fourth-order valence-corrected chi connectivity index (χ4v) is 2.79. The highest BCUT2D eigenvalue weighted by Gasteiger charge is 2.20. The average Bonchev–Trinajstić information content (AvgIpc) is 2.40. The summed E-state index contributed by atoms with van der Waals surface area (Å²) in [5, 5.41) is 0. The Balaban J connectivity index is 2.25. The van der Waals surface area contributed by atoms with Crippen molar-refractivity contribution in [3.63, 3.8) is 0 Å². The standard InChI is InChI=1S/C14H29N3O/c1-3-16(4-2)14(18)9-7-11-17-10-6-5-8-13(17)12-15/h13H,3-12,15H2,1-2H3. The third-order valence-corrected chi connectivity index (χ3v) is 3.97. The van der Waals surface area contributed by atoms with E-state index in [0.717, 1.165) is 39.1 Å². The number of nitrogens with zero attached hydrogens (tertiary/aromatic N) is 2. The molecule has 0 aromatic heterocycles. The summed E-state index contributed by atoms with van der Waals surface area (Å²) in [5.41, 5.74) is 5.80. The van der Waals surface area contributed by atoms with E-state index in [1.54, 1.807) is 0 Å². The van der Waals surface area contributed by atoms with Crippen LogP contribution in [0.4, 0.5) is 0 Å². The molecule has 1 heterocycles. The van der Waals surface area contributed by atoms with Crippen molar-refractivity contribution < 1.29 is 4.79 Å². The number of hydrogen-bond acceptors (Lipinski definition) is 3. The Morgan fingerprint density at radius 2 is 2.06 bits per heavy atom. The van der Waals surface area contributed by atoms with Crippen LogP contribution in [0.2, 0.25) is 0 Å². The third-order valence-electron chi connectivity index (χ3n) is 3.97. The van der Waals surface area contributed by atoms with Crippen LogP contribution in [-0.2, 0) is 4.79 Å². The van der Waals surface area contributed by atoms with Crippen LogP contribution in [0, 0.1) is 0 Å². The molecule has 0 aromatic rings. The van der Waals surface area contributed by atoms with Gasteiger partial charge in [0.1, 0.15) is 0 Å². The zero-order valence-electron chi connectivity index (χ0n) is 12.0. The quantitative estimate of drug-likeness (QED) is 0.749. The molecule has 0 aromatic carbocycles. The van der Waals surface area contributed by atoms with Crippen molar-refractivity contribution in [1.82, 2.24) is 9.80 Å². The van der Waals surface area contributed by atoms with Crippen LogP contribution < -0.4 is 5.73 Å². The highest BCUT2D eigenvalue weighted by Crippen LogP contribution is 2.16. The summed E-state index contributed by atoms with van der Waals surface area (Å²) in [6.07, 6.45) is 5.44. The van der Waals surface area contributed by atoms with Gasteiger partial charge in [-0.1, -0.05) is 6.42 Å². The minimum Gasteiger partial charge on any atom is -0.343 e. The second-order valence-electron chi connectivity index (χ2n) is 5.09. The smallest absolute Gasteiger partial charge is 0.222 e. The van der Waals surface area contributed by atoms with Crippen LogP contribution >= 0.6 is 0 Å². The first-order chi connectivity index (χ1) is 8.72. The molecule has 4 nitrogen and oxygen atoms in total. The molecule has 1 aliphatic rings. The third kappa shape index (κ3) is 4.58. The van der Waals surface area contributed by atoms with Gasteiger partial charge < -0.3 is 10.6 Å². The van der Waals surface area contributed by atoms with Gasteiger partial charge in [-0.25, -0.2) is 0 Å². The molecule has 18 heavy (non-hydrogen) atoms. The van der Waals surface area contributed by atoms with Crippen LogP contribution in [0.5, 0.6) is 0 Å². The predicted molar refractivity (Wildman–Crippen MR) is 75.4 cm³/mol. The fraction of sp³-hybridized carbons (Fsp3) is 0.929. The summed E-state index contributed by atoms with van der Waals surface area (Å²) in [7, 11) is 0. The van der Waals surface area contributed by atoms with Gasteiger partial charge in [-0.15, -0.1) is 0 Å². The summed E-state index contributed by atoms with van der Waals surface area (Å²) >= 11 is 0. The number of carbonyl (C=O) groups is 1. The predicted octanol–water partition coefficient (Wildman–Crippen LogP) is 1.45. The van der Waals surface area contributed by atoms with Crippen LogP contribution in [0.1, 0.15) is 46.0 Å². The molecular formula is C14H29N3O. The van der Waals surface area contributed by atoms with E-state index in [2.05, 4.69) is 4.90 Å². The van der Waals surface area contributed by atoms with E-state index in [0.29, 0.717) is 18.4 Å². The number of rotatable bonds is 7. The lowest BCUT2D eigenvalue weighted by Gasteiger charge is -2.35. The fourth-order valence-electron chi connectivity index (χ4n) is 2.79. The molecule has 0 radical (unpaired) electrons. The van der Waals surface area contributed by atoms with Gasteiger partial charge in [-0.2, -0.15) is 0 Å². The molecule has 106 valence electrons. The van der Waals surface area contributed by atoms with Crippen molar-refractivity contribution in [2.45, 2.75) is 52.0 Å². The van der Waals surface area contributed by atoms with Gasteiger partial charge in [-0.05, 0) is 46.2 Å². The minimum absolute atomic E-state index is 0.293. The van der Waals surface area contributed by atoms with Gasteiger partial charge in [0.2, 0.25) is 5.91 Å². The first-order valence-corrected chi connectivity index (χ1v) is 7.44. The van der Waals surface area contributed by atoms with Crippen molar-refractivity contribution in [3.05, 3.63) is 0 Å². The first-order valence-electron chi connectivity index (χ1n) is 7.44. The van der Waals surface area contributed by atoms with Crippen molar-refractivity contribution >= 4 is 5.91 Å². The summed E-state index contributed by atoms with van der Waals surface area (Å²) in [4.78, 5) is 16.3. The van der Waals surface area contributed by atoms with Crippen molar-refractivity contribution in [1.29, 1.82) is 0 Å². The first kappa shape index (κ1) is 15.4. The molecule has 1 rings (SSSR count). The zero-order chi connectivity index (χ0) is 13.4. The molecule has 0 spiro atoms. The number of nitrogens with two attached hydrogens (primary N) is 1. The van der Waals surface area contributed by atoms with Gasteiger partial charge in [0.05, 0.1) is 0 Å². The lowest BCUT2D eigenvalue weighted by atomic mass is 10.0. The summed E-state index contributed by atoms with van der Waals surface area (Å²) in [6.45, 7) is 8.65. The van der Waals surface area contributed by atoms with Crippen molar-refractivity contribution in [2.24, 2.45) is 5.73 Å². The molecule has 1 atom stereocenters. The van der Waals surface area contributed by atoms with E-state index in [1.807, 2.05) is 18.7 Å². The van der Waals surface area contributed by atoms with Crippen LogP contribution in [-0.4, -0.2) is 54.5 Å². The van der Waals surface area contributed by atoms with Crippen LogP contribution in [0.3, 0.4) is 0 Å². The largest absolute Gasteiger partial charge is 0.343 e. The maximum absolute atomic E-state index is 11.9. The molecule has 0 bridgehead atoms. The average molecular weight is 255 g/mol. The van der Waals surface area contributed by atoms with Gasteiger partial charge in [0, 0.05) is 32.1 Å². The lowest BCUT2D eigenvalue weighted by Crippen LogP contribution is -2.44. The highest BCUT2D eigenvalue weighted by atomic mass is 16.2. The van der Waals surface area contributed by atoms with Gasteiger partial charge in [0.25, 0.3) is 0 Å². The SMILES string of the molecule is CCN(CC)C(=O)CCCN1CCCCC1CN. The van der Waals surface area contributed by atoms with Gasteiger partial charge in [-0.3, -0.25) is 9.69 Å². The second kappa shape index (κ2) is 8.48. The molecule has 1 fully saturated rings. The summed E-state index contributed by atoms with van der Waals surface area (Å²) in [5.74, 6) is 0.293. The maximum Gasteiger partial charge on any atom is 0.222 e. The molecule has 0 aliphatic carbocycles. The van der Waals surface area contributed by atoms with Gasteiger partial charge in [0.15, 0.2) is 0 Å². The Morgan fingerprint density at radius 3 is 2.67 bits per heavy atom. The minimum atomic E-state index is 0.293. The number of carbonyl (C=O) groups excluding carboxylic acids is 1. The Kier molecular flexibility index (Phi) is 7.28. The lowest BCUT2D eigenvalue weighted by molar-refractivity contribution is -0.131. The molecule has 0 saturated carbocycles. The van der Waals surface area contributed by atoms with Crippen LogP contribution in [0.25, 0.3) is 0 Å². The summed E-state index contributed by atoms with van der Waals surface area (Å²) < 4.78 is 0. The monoisotopic (exact) mass is 255 g/mol. The maximum atomic E-state index is 11.9. The topological polar surface area (TPSA) is 49.6 Å². The number of likely N-dealkylation sites (tertiary alicyclic amines) is 1. The van der Waals surface area contributed by atoms with E-state index < -0.39 is 0 Å². The molecule has 4 heteroatoms. The van der Waals surface area contributed by atoms with E-state index >= 15 is 0 Å². The van der Waals surface area contributed by atoms with E-state index in [4.69, 9.17) is 5.73 Å². The molecule has 1 aliphatic heterocycles. The molecule has 1 amide bonds. The molecule has 1 saturated heterocycles. The van der Waals surface area contributed by atoms with E-state index in [-0.39, 0.29) is 0 Å². The summed E-state index contributed by atoms with van der Waals surface area (Å²) in [6, 6.07) is 0.544. The Bertz CT molecular complexity index is 241. The van der Waals surface area contributed by atoms with E-state index in [9.17, 15) is 4.79 Å². The number of piperidine rings is 1. The second-order valence-corrected chi connectivity index (χ2v) is 5.09. The Labute approximate surface area is 111 Å². The Morgan fingerprint density at radius 1 is 1.33 bits per heavy atom. The van der Waals surface area contributed by atoms with Crippen molar-refractivity contribution in [3.8, 4) is 0 Å². The number of hydrogen-bond donors (Lipinski definition) is 1. The van der Waals surface area contributed by atoms with E-state index in [1.165, 1.54) is 19.3 Å². The molecular weight excluding hydrogens is 226 g/mol. The normalized spacial score (nSPS) is 20.9.